The molecule has 8 heteroatoms. The summed E-state index contributed by atoms with van der Waals surface area (Å²) in [6.45, 7) is 1.84. The number of carbonyl (C=O) groups is 3. The van der Waals surface area contributed by atoms with Gasteiger partial charge in [0.1, 0.15) is 17.9 Å². The van der Waals surface area contributed by atoms with E-state index in [9.17, 15) is 18.8 Å². The molecule has 3 aromatic carbocycles. The van der Waals surface area contributed by atoms with Crippen LogP contribution in [0.1, 0.15) is 11.3 Å². The lowest BCUT2D eigenvalue weighted by molar-refractivity contribution is -0.118. The molecule has 0 saturated carbocycles. The molecule has 7 nitrogen and oxygen atoms in total. The third-order valence-corrected chi connectivity index (χ3v) is 5.90. The maximum absolute atomic E-state index is 13.2. The van der Waals surface area contributed by atoms with Crippen LogP contribution in [0.2, 0.25) is 0 Å². The van der Waals surface area contributed by atoms with Crippen LogP contribution >= 0.6 is 0 Å². The minimum Gasteiger partial charge on any atom is -0.335 e. The van der Waals surface area contributed by atoms with Gasteiger partial charge in [-0.2, -0.15) is 0 Å². The molecular formula is C27H21FN4O3. The SMILES string of the molecule is Cc1c(C=C2C(=O)NN(c3ccccc3)C2=O)c2ccccc2n1CC(=O)Nc1ccc(F)cc1. The van der Waals surface area contributed by atoms with Crippen LogP contribution in [-0.4, -0.2) is 22.3 Å². The van der Waals surface area contributed by atoms with Crippen LogP contribution in [0.3, 0.4) is 0 Å². The van der Waals surface area contributed by atoms with Crippen molar-refractivity contribution >= 4 is 46.1 Å². The molecule has 1 aliphatic rings. The third kappa shape index (κ3) is 4.17. The Bertz CT molecular complexity index is 1490. The first-order valence-electron chi connectivity index (χ1n) is 11.0. The van der Waals surface area contributed by atoms with Crippen LogP contribution in [0.5, 0.6) is 0 Å². The van der Waals surface area contributed by atoms with Gasteiger partial charge >= 0.3 is 0 Å². The number of aromatic nitrogens is 1. The summed E-state index contributed by atoms with van der Waals surface area (Å²) in [6.07, 6.45) is 1.58. The van der Waals surface area contributed by atoms with E-state index in [4.69, 9.17) is 0 Å². The highest BCUT2D eigenvalue weighted by Crippen LogP contribution is 2.30. The number of nitrogens with one attached hydrogen (secondary N) is 2. The van der Waals surface area contributed by atoms with E-state index in [1.807, 2.05) is 41.8 Å². The second-order valence-electron chi connectivity index (χ2n) is 8.13. The van der Waals surface area contributed by atoms with Gasteiger partial charge in [0.05, 0.1) is 5.69 Å². The van der Waals surface area contributed by atoms with Gasteiger partial charge in [-0.15, -0.1) is 0 Å². The monoisotopic (exact) mass is 468 g/mol. The fraction of sp³-hybridized carbons (Fsp3) is 0.0741. The second-order valence-corrected chi connectivity index (χ2v) is 8.13. The van der Waals surface area contributed by atoms with E-state index in [1.54, 1.807) is 30.3 Å². The lowest BCUT2D eigenvalue weighted by Gasteiger charge is -2.13. The van der Waals surface area contributed by atoms with Crippen molar-refractivity contribution in [2.24, 2.45) is 0 Å². The van der Waals surface area contributed by atoms with Crippen molar-refractivity contribution < 1.29 is 18.8 Å². The quantitative estimate of drug-likeness (QED) is 0.340. The molecule has 1 fully saturated rings. The maximum atomic E-state index is 13.2. The third-order valence-electron chi connectivity index (χ3n) is 5.90. The van der Waals surface area contributed by atoms with E-state index in [0.29, 0.717) is 16.9 Å². The van der Waals surface area contributed by atoms with Crippen molar-refractivity contribution in [1.82, 2.24) is 9.99 Å². The Kier molecular flexibility index (Phi) is 5.62. The van der Waals surface area contributed by atoms with Gasteiger partial charge in [-0.25, -0.2) is 9.40 Å². The number of hydrogen-bond acceptors (Lipinski definition) is 3. The molecule has 0 unspecified atom stereocenters. The molecule has 0 bridgehead atoms. The van der Waals surface area contributed by atoms with Crippen molar-refractivity contribution in [3.63, 3.8) is 0 Å². The highest BCUT2D eigenvalue weighted by atomic mass is 19.1. The molecule has 3 amide bonds. The summed E-state index contributed by atoms with van der Waals surface area (Å²) in [7, 11) is 0. The normalized spacial score (nSPS) is 14.6. The number of rotatable bonds is 5. The molecule has 1 aromatic heterocycles. The van der Waals surface area contributed by atoms with E-state index < -0.39 is 11.8 Å². The van der Waals surface area contributed by atoms with Crippen LogP contribution in [0, 0.1) is 12.7 Å². The van der Waals surface area contributed by atoms with E-state index in [2.05, 4.69) is 10.7 Å². The van der Waals surface area contributed by atoms with Gasteiger partial charge in [0, 0.05) is 27.8 Å². The second kappa shape index (κ2) is 8.90. The van der Waals surface area contributed by atoms with Crippen molar-refractivity contribution in [2.75, 3.05) is 10.3 Å². The first kappa shape index (κ1) is 22.1. The average molecular weight is 468 g/mol. The lowest BCUT2D eigenvalue weighted by atomic mass is 10.1. The van der Waals surface area contributed by atoms with E-state index in [1.165, 1.54) is 29.3 Å². The highest BCUT2D eigenvalue weighted by Gasteiger charge is 2.35. The molecule has 0 radical (unpaired) electrons. The van der Waals surface area contributed by atoms with Crippen LogP contribution in [0.25, 0.3) is 17.0 Å². The van der Waals surface area contributed by atoms with Gasteiger partial charge in [0.15, 0.2) is 0 Å². The Labute approximate surface area is 200 Å². The Morgan fingerprint density at radius 2 is 1.66 bits per heavy atom. The van der Waals surface area contributed by atoms with Gasteiger partial charge in [-0.3, -0.25) is 19.8 Å². The van der Waals surface area contributed by atoms with Crippen molar-refractivity contribution in [3.8, 4) is 0 Å². The smallest absolute Gasteiger partial charge is 0.282 e. The van der Waals surface area contributed by atoms with Crippen LogP contribution in [-0.2, 0) is 20.9 Å². The number of fused-ring (bicyclic) bond motifs is 1. The zero-order valence-corrected chi connectivity index (χ0v) is 18.8. The number of carbonyl (C=O) groups excluding carboxylic acids is 3. The van der Waals surface area contributed by atoms with Gasteiger partial charge < -0.3 is 9.88 Å². The van der Waals surface area contributed by atoms with E-state index in [-0.39, 0.29) is 23.8 Å². The summed E-state index contributed by atoms with van der Waals surface area (Å²) in [5.74, 6) is -1.62. The summed E-state index contributed by atoms with van der Waals surface area (Å²) < 4.78 is 15.0. The zero-order valence-electron chi connectivity index (χ0n) is 18.8. The molecule has 2 N–H and O–H groups in total. The number of para-hydroxylation sites is 2. The number of hydrazine groups is 1. The Balaban J connectivity index is 1.49. The summed E-state index contributed by atoms with van der Waals surface area (Å²) >= 11 is 0. The summed E-state index contributed by atoms with van der Waals surface area (Å²) in [6, 6.07) is 21.9. The molecule has 0 aliphatic carbocycles. The van der Waals surface area contributed by atoms with Gasteiger partial charge in [-0.05, 0) is 55.5 Å². The van der Waals surface area contributed by atoms with Gasteiger partial charge in [0.2, 0.25) is 5.91 Å². The van der Waals surface area contributed by atoms with Gasteiger partial charge in [0.25, 0.3) is 11.8 Å². The molecule has 1 saturated heterocycles. The predicted molar refractivity (Wildman–Crippen MR) is 132 cm³/mol. The molecule has 0 spiro atoms. The number of anilines is 2. The number of nitrogens with zero attached hydrogens (tertiary/aromatic N) is 2. The van der Waals surface area contributed by atoms with Crippen LogP contribution in [0.4, 0.5) is 15.8 Å². The molecule has 1 aliphatic heterocycles. The predicted octanol–water partition coefficient (Wildman–Crippen LogP) is 4.19. The number of benzene rings is 3. The highest BCUT2D eigenvalue weighted by molar-refractivity contribution is 6.32. The van der Waals surface area contributed by atoms with E-state index in [0.717, 1.165) is 16.6 Å². The van der Waals surface area contributed by atoms with Crippen molar-refractivity contribution in [1.29, 1.82) is 0 Å². The largest absolute Gasteiger partial charge is 0.335 e. The number of hydrogen-bond donors (Lipinski definition) is 2. The molecule has 174 valence electrons. The summed E-state index contributed by atoms with van der Waals surface area (Å²) in [4.78, 5) is 38.5. The molecule has 2 heterocycles. The Hall–Kier alpha value is -4.72. The molecule has 4 aromatic rings. The fourth-order valence-electron chi connectivity index (χ4n) is 4.18. The standard InChI is InChI=1S/C27H21FN4O3/c1-17-22(15-23-26(34)30-32(27(23)35)20-7-3-2-4-8-20)21-9-5-6-10-24(21)31(17)16-25(33)29-19-13-11-18(28)12-14-19/h2-15H,16H2,1H3,(H,29,33)(H,30,34). The lowest BCUT2D eigenvalue weighted by Crippen LogP contribution is -2.35. The summed E-state index contributed by atoms with van der Waals surface area (Å²) in [5.41, 5.74) is 5.87. The molecule has 35 heavy (non-hydrogen) atoms. The fourth-order valence-corrected chi connectivity index (χ4v) is 4.18. The number of halogens is 1. The molecule has 5 rings (SSSR count). The first-order valence-corrected chi connectivity index (χ1v) is 11.0. The van der Waals surface area contributed by atoms with E-state index >= 15 is 0 Å². The molecule has 0 atom stereocenters. The minimum absolute atomic E-state index is 0.00315. The average Bonchev–Trinajstić information content (AvgIpc) is 3.29. The Morgan fingerprint density at radius 3 is 2.40 bits per heavy atom. The van der Waals surface area contributed by atoms with Gasteiger partial charge in [-0.1, -0.05) is 36.4 Å². The number of amides is 3. The van der Waals surface area contributed by atoms with Crippen LogP contribution in [0.15, 0.2) is 84.4 Å². The van der Waals surface area contributed by atoms with Crippen molar-refractivity contribution in [3.05, 3.63) is 102 Å². The summed E-state index contributed by atoms with van der Waals surface area (Å²) in [5, 5.41) is 4.80. The maximum Gasteiger partial charge on any atom is 0.282 e. The topological polar surface area (TPSA) is 83.4 Å². The zero-order chi connectivity index (χ0) is 24.5. The minimum atomic E-state index is -0.496. The molecular weight excluding hydrogens is 447 g/mol. The van der Waals surface area contributed by atoms with Crippen molar-refractivity contribution in [2.45, 2.75) is 13.5 Å². The van der Waals surface area contributed by atoms with Crippen LogP contribution < -0.4 is 15.8 Å². The Morgan fingerprint density at radius 1 is 0.971 bits per heavy atom. The first-order chi connectivity index (χ1) is 16.9.